The first-order valence-corrected chi connectivity index (χ1v) is 11.8. The molecule has 1 aliphatic rings. The second kappa shape index (κ2) is 9.75. The summed E-state index contributed by atoms with van der Waals surface area (Å²) in [5, 5.41) is 4.64. The molecule has 33 heavy (non-hydrogen) atoms. The number of nitrogens with one attached hydrogen (secondary N) is 1. The van der Waals surface area contributed by atoms with E-state index in [4.69, 9.17) is 0 Å². The third-order valence-electron chi connectivity index (χ3n) is 6.10. The molecule has 1 heterocycles. The Labute approximate surface area is 201 Å². The predicted molar refractivity (Wildman–Crippen MR) is 133 cm³/mol. The molecule has 0 bridgehead atoms. The van der Waals surface area contributed by atoms with Crippen molar-refractivity contribution in [3.8, 4) is 0 Å². The van der Waals surface area contributed by atoms with Crippen molar-refractivity contribution in [3.63, 3.8) is 0 Å². The summed E-state index contributed by atoms with van der Waals surface area (Å²) in [5.41, 5.74) is 2.55. The van der Waals surface area contributed by atoms with Crippen LogP contribution in [0.3, 0.4) is 0 Å². The van der Waals surface area contributed by atoms with Gasteiger partial charge in [-0.05, 0) is 48.6 Å². The van der Waals surface area contributed by atoms with Gasteiger partial charge >= 0.3 is 0 Å². The third kappa shape index (κ3) is 4.64. The molecule has 3 aromatic carbocycles. The van der Waals surface area contributed by atoms with Crippen LogP contribution in [-0.2, 0) is 16.1 Å². The highest BCUT2D eigenvalue weighted by Gasteiger charge is 2.30. The summed E-state index contributed by atoms with van der Waals surface area (Å²) in [6.45, 7) is 2.52. The maximum atomic E-state index is 13.2. The van der Waals surface area contributed by atoms with Crippen LogP contribution in [0, 0.1) is 0 Å². The molecule has 4 rings (SSSR count). The summed E-state index contributed by atoms with van der Waals surface area (Å²) in [6.07, 6.45) is 0.750. The predicted octanol–water partition coefficient (Wildman–Crippen LogP) is 4.51. The van der Waals surface area contributed by atoms with Crippen molar-refractivity contribution in [3.05, 3.63) is 76.3 Å². The van der Waals surface area contributed by atoms with Crippen LogP contribution in [0.1, 0.15) is 35.7 Å². The highest BCUT2D eigenvalue weighted by molar-refractivity contribution is 9.10. The van der Waals surface area contributed by atoms with Crippen LogP contribution in [0.25, 0.3) is 10.8 Å². The van der Waals surface area contributed by atoms with Crippen LogP contribution in [0.2, 0.25) is 0 Å². The summed E-state index contributed by atoms with van der Waals surface area (Å²) in [7, 11) is 1.57. The van der Waals surface area contributed by atoms with Crippen molar-refractivity contribution >= 4 is 50.1 Å². The van der Waals surface area contributed by atoms with Crippen molar-refractivity contribution in [1.29, 1.82) is 0 Å². The number of hydrogen-bond acceptors (Lipinski definition) is 3. The van der Waals surface area contributed by atoms with Gasteiger partial charge in [-0.15, -0.1) is 0 Å². The first-order chi connectivity index (χ1) is 15.9. The zero-order valence-electron chi connectivity index (χ0n) is 18.7. The molecule has 1 N–H and O–H groups in total. The molecule has 0 saturated carbocycles. The SMILES string of the molecule is CNC(=O)[C@H](C)N(Cc1ccc(Br)cc1)C(=O)CCCN1C(=O)c2cccc3cccc1c23. The largest absolute Gasteiger partial charge is 0.357 e. The van der Waals surface area contributed by atoms with E-state index in [1.807, 2.05) is 60.7 Å². The smallest absolute Gasteiger partial charge is 0.258 e. The van der Waals surface area contributed by atoms with Crippen LogP contribution < -0.4 is 10.2 Å². The van der Waals surface area contributed by atoms with Gasteiger partial charge in [0.2, 0.25) is 11.8 Å². The van der Waals surface area contributed by atoms with Gasteiger partial charge in [-0.3, -0.25) is 14.4 Å². The second-order valence-corrected chi connectivity index (χ2v) is 9.10. The van der Waals surface area contributed by atoms with E-state index < -0.39 is 6.04 Å². The molecule has 0 unspecified atom stereocenters. The van der Waals surface area contributed by atoms with Crippen LogP contribution in [0.4, 0.5) is 5.69 Å². The fraction of sp³-hybridized carbons (Fsp3) is 0.269. The Bertz CT molecular complexity index is 1200. The minimum absolute atomic E-state index is 0.0281. The summed E-state index contributed by atoms with van der Waals surface area (Å²) < 4.78 is 0.953. The molecule has 3 aromatic rings. The molecular formula is C26H26BrN3O3. The van der Waals surface area contributed by atoms with E-state index in [2.05, 4.69) is 21.2 Å². The maximum absolute atomic E-state index is 13.2. The lowest BCUT2D eigenvalue weighted by Gasteiger charge is -2.29. The average molecular weight is 508 g/mol. The zero-order chi connectivity index (χ0) is 23.5. The highest BCUT2D eigenvalue weighted by atomic mass is 79.9. The first-order valence-electron chi connectivity index (χ1n) is 11.0. The summed E-state index contributed by atoms with van der Waals surface area (Å²) >= 11 is 3.42. The average Bonchev–Trinajstić information content (AvgIpc) is 3.10. The van der Waals surface area contributed by atoms with Gasteiger partial charge in [0, 0.05) is 42.0 Å². The van der Waals surface area contributed by atoms with E-state index in [-0.39, 0.29) is 24.1 Å². The minimum atomic E-state index is -0.599. The number of carbonyl (C=O) groups excluding carboxylic acids is 3. The van der Waals surface area contributed by atoms with Crippen molar-refractivity contribution in [1.82, 2.24) is 10.2 Å². The minimum Gasteiger partial charge on any atom is -0.357 e. The molecule has 7 heteroatoms. The maximum Gasteiger partial charge on any atom is 0.258 e. The Kier molecular flexibility index (Phi) is 6.79. The fourth-order valence-corrected chi connectivity index (χ4v) is 4.58. The molecule has 1 aliphatic heterocycles. The molecule has 170 valence electrons. The van der Waals surface area contributed by atoms with E-state index in [9.17, 15) is 14.4 Å². The molecule has 0 aromatic heterocycles. The molecule has 0 fully saturated rings. The number of anilines is 1. The number of hydrogen-bond donors (Lipinski definition) is 1. The van der Waals surface area contributed by atoms with Crippen LogP contribution in [0.15, 0.2) is 65.1 Å². The quantitative estimate of drug-likeness (QED) is 0.487. The lowest BCUT2D eigenvalue weighted by atomic mass is 10.1. The van der Waals surface area contributed by atoms with E-state index >= 15 is 0 Å². The number of carbonyl (C=O) groups is 3. The second-order valence-electron chi connectivity index (χ2n) is 8.18. The van der Waals surface area contributed by atoms with Crippen LogP contribution in [-0.4, -0.2) is 42.3 Å². The molecule has 3 amide bonds. The van der Waals surface area contributed by atoms with Crippen molar-refractivity contribution in [2.24, 2.45) is 0 Å². The third-order valence-corrected chi connectivity index (χ3v) is 6.63. The molecule has 0 radical (unpaired) electrons. The van der Waals surface area contributed by atoms with Gasteiger partial charge in [-0.2, -0.15) is 0 Å². The fourth-order valence-electron chi connectivity index (χ4n) is 4.31. The monoisotopic (exact) mass is 507 g/mol. The number of rotatable bonds is 8. The van der Waals surface area contributed by atoms with E-state index in [1.54, 1.807) is 23.8 Å². The number of nitrogens with zero attached hydrogens (tertiary/aromatic N) is 2. The summed E-state index contributed by atoms with van der Waals surface area (Å²) in [4.78, 5) is 41.8. The Hall–Kier alpha value is -3.19. The van der Waals surface area contributed by atoms with Gasteiger partial charge in [0.05, 0.1) is 5.69 Å². The normalized spacial score (nSPS) is 13.3. The van der Waals surface area contributed by atoms with E-state index in [1.165, 1.54) is 0 Å². The number of halogens is 1. The Morgan fingerprint density at radius 2 is 1.76 bits per heavy atom. The van der Waals surface area contributed by atoms with Gasteiger partial charge in [-0.25, -0.2) is 0 Å². The molecule has 1 atom stereocenters. The van der Waals surface area contributed by atoms with Crippen LogP contribution >= 0.6 is 15.9 Å². The molecule has 0 saturated heterocycles. The number of amides is 3. The van der Waals surface area contributed by atoms with Crippen molar-refractivity contribution in [2.45, 2.75) is 32.4 Å². The first kappa shape index (κ1) is 23.0. The highest BCUT2D eigenvalue weighted by Crippen LogP contribution is 2.37. The van der Waals surface area contributed by atoms with Gasteiger partial charge in [0.15, 0.2) is 0 Å². The standard InChI is InChI=1S/C26H26BrN3O3/c1-17(25(32)28-2)30(16-18-11-13-20(27)14-12-18)23(31)10-5-15-29-22-9-4-7-19-6-3-8-21(24(19)22)26(29)33/h3-4,6-9,11-14,17H,5,10,15-16H2,1-2H3,(H,28,32)/t17-/m0/s1. The van der Waals surface area contributed by atoms with Crippen molar-refractivity contribution in [2.75, 3.05) is 18.5 Å². The van der Waals surface area contributed by atoms with E-state index in [0.717, 1.165) is 26.5 Å². The Balaban J connectivity index is 1.45. The zero-order valence-corrected chi connectivity index (χ0v) is 20.3. The van der Waals surface area contributed by atoms with Crippen LogP contribution in [0.5, 0.6) is 0 Å². The summed E-state index contributed by atoms with van der Waals surface area (Å²) in [6, 6.07) is 18.7. The number of benzene rings is 3. The number of likely N-dealkylation sites (N-methyl/N-ethyl adjacent to an activating group) is 1. The molecule has 6 nitrogen and oxygen atoms in total. The van der Waals surface area contributed by atoms with Gasteiger partial charge in [0.1, 0.15) is 6.04 Å². The molecule has 0 aliphatic carbocycles. The molecule has 0 spiro atoms. The lowest BCUT2D eigenvalue weighted by Crippen LogP contribution is -2.46. The molecular weight excluding hydrogens is 482 g/mol. The van der Waals surface area contributed by atoms with Gasteiger partial charge in [-0.1, -0.05) is 52.3 Å². The van der Waals surface area contributed by atoms with Crippen molar-refractivity contribution < 1.29 is 14.4 Å². The lowest BCUT2D eigenvalue weighted by molar-refractivity contribution is -0.140. The van der Waals surface area contributed by atoms with Gasteiger partial charge < -0.3 is 15.1 Å². The summed E-state index contributed by atoms with van der Waals surface area (Å²) in [5.74, 6) is -0.353. The Morgan fingerprint density at radius 3 is 2.45 bits per heavy atom. The Morgan fingerprint density at radius 1 is 1.06 bits per heavy atom. The van der Waals surface area contributed by atoms with Gasteiger partial charge in [0.25, 0.3) is 5.91 Å². The van der Waals surface area contributed by atoms with E-state index in [0.29, 0.717) is 25.1 Å². The topological polar surface area (TPSA) is 69.7 Å².